The van der Waals surface area contributed by atoms with Crippen LogP contribution in [-0.4, -0.2) is 38.5 Å². The standard InChI is InChI=1S/C14H21N3O2S/c15-20(18,19)10-11-3-5-12(6-4-11)16-13-7-9-17-8-1-2-14(13)17/h3-6,13-14,16H,1-2,7-10H2,(H2,15,18,19). The lowest BCUT2D eigenvalue weighted by Crippen LogP contribution is -2.33. The Morgan fingerprint density at radius 2 is 1.95 bits per heavy atom. The molecule has 5 nitrogen and oxygen atoms in total. The SMILES string of the molecule is NS(=O)(=O)Cc1ccc(NC2CCN3CCCC23)cc1. The van der Waals surface area contributed by atoms with E-state index in [4.69, 9.17) is 5.14 Å². The van der Waals surface area contributed by atoms with Crippen molar-refractivity contribution in [1.82, 2.24) is 4.90 Å². The molecule has 0 spiro atoms. The van der Waals surface area contributed by atoms with Gasteiger partial charge in [-0.15, -0.1) is 0 Å². The molecule has 2 saturated heterocycles. The average molecular weight is 295 g/mol. The Morgan fingerprint density at radius 1 is 1.20 bits per heavy atom. The van der Waals surface area contributed by atoms with Gasteiger partial charge in [-0.05, 0) is 43.5 Å². The summed E-state index contributed by atoms with van der Waals surface area (Å²) in [4.78, 5) is 2.56. The zero-order valence-corrected chi connectivity index (χ0v) is 12.3. The van der Waals surface area contributed by atoms with Crippen molar-refractivity contribution in [2.75, 3.05) is 18.4 Å². The molecule has 2 aliphatic heterocycles. The normalized spacial score (nSPS) is 26.6. The molecule has 0 aliphatic carbocycles. The van der Waals surface area contributed by atoms with Gasteiger partial charge >= 0.3 is 0 Å². The summed E-state index contributed by atoms with van der Waals surface area (Å²) in [7, 11) is -3.45. The summed E-state index contributed by atoms with van der Waals surface area (Å²) in [5, 5.41) is 8.63. The molecule has 3 N–H and O–H groups in total. The molecule has 3 rings (SSSR count). The molecule has 2 atom stereocenters. The molecule has 2 heterocycles. The maximum Gasteiger partial charge on any atom is 0.213 e. The van der Waals surface area contributed by atoms with Gasteiger partial charge in [0, 0.05) is 24.3 Å². The van der Waals surface area contributed by atoms with E-state index in [0.29, 0.717) is 12.1 Å². The minimum absolute atomic E-state index is 0.104. The van der Waals surface area contributed by atoms with Crippen LogP contribution in [-0.2, 0) is 15.8 Å². The van der Waals surface area contributed by atoms with Gasteiger partial charge in [-0.2, -0.15) is 0 Å². The van der Waals surface area contributed by atoms with Crippen LogP contribution < -0.4 is 10.5 Å². The van der Waals surface area contributed by atoms with Gasteiger partial charge in [0.25, 0.3) is 0 Å². The molecule has 110 valence electrons. The van der Waals surface area contributed by atoms with E-state index < -0.39 is 10.0 Å². The van der Waals surface area contributed by atoms with Crippen LogP contribution in [0.15, 0.2) is 24.3 Å². The smallest absolute Gasteiger partial charge is 0.213 e. The highest BCUT2D eigenvalue weighted by Gasteiger charge is 2.36. The van der Waals surface area contributed by atoms with Crippen LogP contribution in [0.2, 0.25) is 0 Å². The Labute approximate surface area is 120 Å². The van der Waals surface area contributed by atoms with Crippen LogP contribution in [0.25, 0.3) is 0 Å². The highest BCUT2D eigenvalue weighted by molar-refractivity contribution is 7.88. The van der Waals surface area contributed by atoms with Gasteiger partial charge in [0.15, 0.2) is 0 Å². The number of rotatable bonds is 4. The number of nitrogens with zero attached hydrogens (tertiary/aromatic N) is 1. The van der Waals surface area contributed by atoms with E-state index in [2.05, 4.69) is 10.2 Å². The minimum atomic E-state index is -3.45. The number of nitrogens with two attached hydrogens (primary N) is 1. The van der Waals surface area contributed by atoms with Crippen molar-refractivity contribution < 1.29 is 8.42 Å². The third kappa shape index (κ3) is 3.13. The summed E-state index contributed by atoms with van der Waals surface area (Å²) in [6.45, 7) is 2.42. The number of fused-ring (bicyclic) bond motifs is 1. The van der Waals surface area contributed by atoms with Crippen LogP contribution in [0.4, 0.5) is 5.69 Å². The second-order valence-corrected chi connectivity index (χ2v) is 7.40. The predicted molar refractivity (Wildman–Crippen MR) is 79.9 cm³/mol. The van der Waals surface area contributed by atoms with Gasteiger partial charge in [-0.25, -0.2) is 13.6 Å². The largest absolute Gasteiger partial charge is 0.381 e. The Hall–Kier alpha value is -1.11. The predicted octanol–water partition coefficient (Wildman–Crippen LogP) is 1.12. The molecular formula is C14H21N3O2S. The summed E-state index contributed by atoms with van der Waals surface area (Å²) in [6, 6.07) is 8.72. The Kier molecular flexibility index (Phi) is 3.70. The highest BCUT2D eigenvalue weighted by Crippen LogP contribution is 2.30. The molecule has 20 heavy (non-hydrogen) atoms. The molecule has 1 aromatic carbocycles. The number of hydrogen-bond acceptors (Lipinski definition) is 4. The van der Waals surface area contributed by atoms with E-state index in [1.165, 1.54) is 32.4 Å². The third-order valence-electron chi connectivity index (χ3n) is 4.28. The molecule has 0 saturated carbocycles. The molecule has 0 amide bonds. The first-order valence-electron chi connectivity index (χ1n) is 7.11. The van der Waals surface area contributed by atoms with E-state index in [1.54, 1.807) is 0 Å². The van der Waals surface area contributed by atoms with Crippen LogP contribution in [0, 0.1) is 0 Å². The maximum atomic E-state index is 11.0. The van der Waals surface area contributed by atoms with Crippen molar-refractivity contribution >= 4 is 15.7 Å². The average Bonchev–Trinajstić information content (AvgIpc) is 2.94. The first-order chi connectivity index (χ1) is 9.51. The lowest BCUT2D eigenvalue weighted by atomic mass is 10.1. The van der Waals surface area contributed by atoms with Crippen molar-refractivity contribution in [1.29, 1.82) is 0 Å². The molecule has 0 bridgehead atoms. The van der Waals surface area contributed by atoms with E-state index in [-0.39, 0.29) is 5.75 Å². The van der Waals surface area contributed by atoms with E-state index in [1.807, 2.05) is 24.3 Å². The lowest BCUT2D eigenvalue weighted by molar-refractivity contribution is 0.318. The van der Waals surface area contributed by atoms with Gasteiger partial charge in [-0.3, -0.25) is 4.90 Å². The summed E-state index contributed by atoms with van der Waals surface area (Å²) in [5.74, 6) is -0.104. The maximum absolute atomic E-state index is 11.0. The number of primary sulfonamides is 1. The number of benzene rings is 1. The summed E-state index contributed by atoms with van der Waals surface area (Å²) >= 11 is 0. The van der Waals surface area contributed by atoms with Gasteiger partial charge in [0.2, 0.25) is 10.0 Å². The number of hydrogen-bond donors (Lipinski definition) is 2. The van der Waals surface area contributed by atoms with E-state index in [0.717, 1.165) is 11.3 Å². The monoisotopic (exact) mass is 295 g/mol. The fraction of sp³-hybridized carbons (Fsp3) is 0.571. The van der Waals surface area contributed by atoms with Crippen molar-refractivity contribution in [3.63, 3.8) is 0 Å². The molecule has 0 radical (unpaired) electrons. The number of nitrogens with one attached hydrogen (secondary N) is 1. The molecule has 2 fully saturated rings. The lowest BCUT2D eigenvalue weighted by Gasteiger charge is -2.22. The molecule has 2 aliphatic rings. The van der Waals surface area contributed by atoms with Crippen LogP contribution in [0.3, 0.4) is 0 Å². The fourth-order valence-electron chi connectivity index (χ4n) is 3.39. The van der Waals surface area contributed by atoms with Crippen LogP contribution >= 0.6 is 0 Å². The first kappa shape index (κ1) is 13.9. The van der Waals surface area contributed by atoms with Gasteiger partial charge in [0.05, 0.1) is 5.75 Å². The van der Waals surface area contributed by atoms with Gasteiger partial charge < -0.3 is 5.32 Å². The number of anilines is 1. The number of sulfonamides is 1. The Bertz CT molecular complexity index is 571. The highest BCUT2D eigenvalue weighted by atomic mass is 32.2. The zero-order valence-electron chi connectivity index (χ0n) is 11.5. The molecule has 2 unspecified atom stereocenters. The second kappa shape index (κ2) is 5.35. The van der Waals surface area contributed by atoms with Gasteiger partial charge in [-0.1, -0.05) is 12.1 Å². The Balaban J connectivity index is 1.63. The molecular weight excluding hydrogens is 274 g/mol. The van der Waals surface area contributed by atoms with E-state index in [9.17, 15) is 8.42 Å². The summed E-state index contributed by atoms with van der Waals surface area (Å²) < 4.78 is 22.1. The fourth-order valence-corrected chi connectivity index (χ4v) is 4.05. The van der Waals surface area contributed by atoms with Crippen molar-refractivity contribution in [2.24, 2.45) is 5.14 Å². The zero-order chi connectivity index (χ0) is 14.2. The third-order valence-corrected chi connectivity index (χ3v) is 5.02. The van der Waals surface area contributed by atoms with Crippen molar-refractivity contribution in [2.45, 2.75) is 37.1 Å². The van der Waals surface area contributed by atoms with Crippen LogP contribution in [0.1, 0.15) is 24.8 Å². The van der Waals surface area contributed by atoms with Crippen molar-refractivity contribution in [3.8, 4) is 0 Å². The molecule has 0 aromatic heterocycles. The Morgan fingerprint density at radius 3 is 2.65 bits per heavy atom. The van der Waals surface area contributed by atoms with Crippen LogP contribution in [0.5, 0.6) is 0 Å². The van der Waals surface area contributed by atoms with E-state index >= 15 is 0 Å². The second-order valence-electron chi connectivity index (χ2n) is 5.79. The quantitative estimate of drug-likeness (QED) is 0.873. The molecule has 1 aromatic rings. The molecule has 6 heteroatoms. The topological polar surface area (TPSA) is 75.4 Å². The van der Waals surface area contributed by atoms with Gasteiger partial charge in [0.1, 0.15) is 0 Å². The van der Waals surface area contributed by atoms with Crippen molar-refractivity contribution in [3.05, 3.63) is 29.8 Å². The first-order valence-corrected chi connectivity index (χ1v) is 8.83. The summed E-state index contributed by atoms with van der Waals surface area (Å²) in [5.41, 5.74) is 1.79. The minimum Gasteiger partial charge on any atom is -0.381 e. The summed E-state index contributed by atoms with van der Waals surface area (Å²) in [6.07, 6.45) is 3.76.